The maximum atomic E-state index is 9.90. The molecule has 0 amide bonds. The minimum Gasteiger partial charge on any atom is -0.396 e. The van der Waals surface area contributed by atoms with E-state index in [1.165, 1.54) is 30.3 Å². The standard InChI is InChI=1S/C20H27N3O/c1-22-11-7-20(16(14-22)15-24)8-12-23(13-9-20)19-6-10-21-18-5-3-2-4-17(18)19/h2-6,10,16,24H,7-9,11-15H2,1H3. The zero-order valence-corrected chi connectivity index (χ0v) is 14.5. The number of benzene rings is 1. The summed E-state index contributed by atoms with van der Waals surface area (Å²) in [6.07, 6.45) is 5.51. The maximum Gasteiger partial charge on any atom is 0.0722 e. The lowest BCUT2D eigenvalue weighted by Crippen LogP contribution is -2.52. The number of aliphatic hydroxyl groups excluding tert-OH is 1. The molecule has 3 heterocycles. The molecule has 0 saturated carbocycles. The van der Waals surface area contributed by atoms with Crippen molar-refractivity contribution in [3.05, 3.63) is 36.5 Å². The summed E-state index contributed by atoms with van der Waals surface area (Å²) >= 11 is 0. The van der Waals surface area contributed by atoms with Gasteiger partial charge in [-0.05, 0) is 50.4 Å². The second kappa shape index (κ2) is 6.34. The Bertz CT molecular complexity index is 704. The highest BCUT2D eigenvalue weighted by Crippen LogP contribution is 2.45. The summed E-state index contributed by atoms with van der Waals surface area (Å²) in [6.45, 7) is 4.67. The van der Waals surface area contributed by atoms with E-state index < -0.39 is 0 Å². The second-order valence-corrected chi connectivity index (χ2v) is 7.59. The van der Waals surface area contributed by atoms with E-state index in [-0.39, 0.29) is 0 Å². The van der Waals surface area contributed by atoms with Crippen molar-refractivity contribution in [2.24, 2.45) is 11.3 Å². The van der Waals surface area contributed by atoms with Crippen LogP contribution >= 0.6 is 0 Å². The van der Waals surface area contributed by atoms with Gasteiger partial charge in [0.1, 0.15) is 0 Å². The van der Waals surface area contributed by atoms with Crippen LogP contribution in [0.4, 0.5) is 5.69 Å². The Labute approximate surface area is 144 Å². The van der Waals surface area contributed by atoms with Crippen LogP contribution in [0.5, 0.6) is 0 Å². The Kier molecular flexibility index (Phi) is 4.19. The number of rotatable bonds is 2. The third kappa shape index (κ3) is 2.68. The summed E-state index contributed by atoms with van der Waals surface area (Å²) in [4.78, 5) is 9.37. The third-order valence-corrected chi connectivity index (χ3v) is 6.34. The van der Waals surface area contributed by atoms with E-state index in [0.717, 1.165) is 31.7 Å². The van der Waals surface area contributed by atoms with Gasteiger partial charge in [-0.3, -0.25) is 4.98 Å². The molecule has 1 N–H and O–H groups in total. The summed E-state index contributed by atoms with van der Waals surface area (Å²) in [7, 11) is 2.17. The van der Waals surface area contributed by atoms with Crippen LogP contribution in [0, 0.1) is 11.3 Å². The molecule has 0 radical (unpaired) electrons. The predicted octanol–water partition coefficient (Wildman–Crippen LogP) is 2.77. The summed E-state index contributed by atoms with van der Waals surface area (Å²) < 4.78 is 0. The first-order chi connectivity index (χ1) is 11.7. The summed E-state index contributed by atoms with van der Waals surface area (Å²) in [5, 5.41) is 11.2. The predicted molar refractivity (Wildman–Crippen MR) is 98.3 cm³/mol. The van der Waals surface area contributed by atoms with Crippen LogP contribution in [0.25, 0.3) is 10.9 Å². The lowest BCUT2D eigenvalue weighted by atomic mass is 9.64. The number of nitrogens with zero attached hydrogens (tertiary/aromatic N) is 3. The normalized spacial score (nSPS) is 24.6. The van der Waals surface area contributed by atoms with Crippen molar-refractivity contribution in [1.29, 1.82) is 0 Å². The van der Waals surface area contributed by atoms with E-state index in [1.807, 2.05) is 6.20 Å². The van der Waals surface area contributed by atoms with E-state index in [0.29, 0.717) is 17.9 Å². The summed E-state index contributed by atoms with van der Waals surface area (Å²) in [5.74, 6) is 0.424. The number of aliphatic hydroxyl groups is 1. The molecule has 0 bridgehead atoms. The molecule has 4 nitrogen and oxygen atoms in total. The smallest absolute Gasteiger partial charge is 0.0722 e. The van der Waals surface area contributed by atoms with E-state index >= 15 is 0 Å². The van der Waals surface area contributed by atoms with Gasteiger partial charge in [0.15, 0.2) is 0 Å². The minimum absolute atomic E-state index is 0.322. The topological polar surface area (TPSA) is 39.6 Å². The molecular weight excluding hydrogens is 298 g/mol. The number of likely N-dealkylation sites (tertiary alicyclic amines) is 1. The molecule has 1 spiro atoms. The van der Waals surface area contributed by atoms with Gasteiger partial charge < -0.3 is 14.9 Å². The third-order valence-electron chi connectivity index (χ3n) is 6.34. The monoisotopic (exact) mass is 325 g/mol. The average molecular weight is 325 g/mol. The lowest BCUT2D eigenvalue weighted by Gasteiger charge is -2.51. The van der Waals surface area contributed by atoms with Crippen LogP contribution in [0.1, 0.15) is 19.3 Å². The Morgan fingerprint density at radius 3 is 2.67 bits per heavy atom. The van der Waals surface area contributed by atoms with Gasteiger partial charge in [-0.1, -0.05) is 18.2 Å². The van der Waals surface area contributed by atoms with Gasteiger partial charge in [0.05, 0.1) is 5.52 Å². The molecule has 128 valence electrons. The number of fused-ring (bicyclic) bond motifs is 1. The lowest BCUT2D eigenvalue weighted by molar-refractivity contribution is -0.00838. The summed E-state index contributed by atoms with van der Waals surface area (Å²) in [6, 6.07) is 10.6. The summed E-state index contributed by atoms with van der Waals surface area (Å²) in [5.41, 5.74) is 2.72. The highest BCUT2D eigenvalue weighted by molar-refractivity contribution is 5.91. The fourth-order valence-corrected chi connectivity index (χ4v) is 4.74. The number of anilines is 1. The number of aromatic nitrogens is 1. The van der Waals surface area contributed by atoms with Gasteiger partial charge in [0.25, 0.3) is 0 Å². The van der Waals surface area contributed by atoms with Crippen LogP contribution in [0.15, 0.2) is 36.5 Å². The SMILES string of the molecule is CN1CCC2(CCN(c3ccnc4ccccc34)CC2)C(CO)C1. The maximum absolute atomic E-state index is 9.90. The van der Waals surface area contributed by atoms with Crippen LogP contribution < -0.4 is 4.90 Å². The van der Waals surface area contributed by atoms with Gasteiger partial charge in [0.2, 0.25) is 0 Å². The molecule has 0 aliphatic carbocycles. The molecule has 1 unspecified atom stereocenters. The molecule has 2 saturated heterocycles. The average Bonchev–Trinajstić information content (AvgIpc) is 2.64. The molecule has 4 heteroatoms. The van der Waals surface area contributed by atoms with Crippen molar-refractivity contribution in [3.8, 4) is 0 Å². The molecule has 2 aliphatic heterocycles. The van der Waals surface area contributed by atoms with Crippen LogP contribution in [-0.2, 0) is 0 Å². The van der Waals surface area contributed by atoms with Crippen molar-refractivity contribution in [1.82, 2.24) is 9.88 Å². The van der Waals surface area contributed by atoms with E-state index in [4.69, 9.17) is 0 Å². The Morgan fingerprint density at radius 2 is 1.88 bits per heavy atom. The van der Waals surface area contributed by atoms with Gasteiger partial charge in [0, 0.05) is 49.4 Å². The fraction of sp³-hybridized carbons (Fsp3) is 0.550. The number of para-hydroxylation sites is 1. The quantitative estimate of drug-likeness (QED) is 0.922. The van der Waals surface area contributed by atoms with Gasteiger partial charge in [-0.2, -0.15) is 0 Å². The second-order valence-electron chi connectivity index (χ2n) is 7.59. The fourth-order valence-electron chi connectivity index (χ4n) is 4.74. The van der Waals surface area contributed by atoms with Crippen molar-refractivity contribution in [3.63, 3.8) is 0 Å². The highest BCUT2D eigenvalue weighted by Gasteiger charge is 2.43. The van der Waals surface area contributed by atoms with E-state index in [1.54, 1.807) is 0 Å². The molecular formula is C20H27N3O. The van der Waals surface area contributed by atoms with Crippen LogP contribution in [-0.4, -0.2) is 54.8 Å². The zero-order chi connectivity index (χ0) is 16.6. The van der Waals surface area contributed by atoms with Gasteiger partial charge in [-0.15, -0.1) is 0 Å². The Balaban J connectivity index is 1.55. The van der Waals surface area contributed by atoms with Crippen molar-refractivity contribution in [2.45, 2.75) is 19.3 Å². The van der Waals surface area contributed by atoms with E-state index in [2.05, 4.69) is 52.2 Å². The van der Waals surface area contributed by atoms with Crippen molar-refractivity contribution < 1.29 is 5.11 Å². The van der Waals surface area contributed by atoms with Gasteiger partial charge >= 0.3 is 0 Å². The molecule has 24 heavy (non-hydrogen) atoms. The molecule has 2 fully saturated rings. The number of hydrogen-bond acceptors (Lipinski definition) is 4. The first-order valence-corrected chi connectivity index (χ1v) is 9.10. The Morgan fingerprint density at radius 1 is 1.12 bits per heavy atom. The Hall–Kier alpha value is -1.65. The van der Waals surface area contributed by atoms with Crippen LogP contribution in [0.3, 0.4) is 0 Å². The largest absolute Gasteiger partial charge is 0.396 e. The molecule has 4 rings (SSSR count). The molecule has 1 aromatic carbocycles. The molecule has 1 atom stereocenters. The van der Waals surface area contributed by atoms with E-state index in [9.17, 15) is 5.11 Å². The zero-order valence-electron chi connectivity index (χ0n) is 14.5. The molecule has 1 aromatic heterocycles. The minimum atomic E-state index is 0.322. The van der Waals surface area contributed by atoms with Gasteiger partial charge in [-0.25, -0.2) is 0 Å². The van der Waals surface area contributed by atoms with Crippen molar-refractivity contribution >= 4 is 16.6 Å². The first-order valence-electron chi connectivity index (χ1n) is 9.10. The molecule has 2 aliphatic rings. The highest BCUT2D eigenvalue weighted by atomic mass is 16.3. The number of piperidine rings is 2. The van der Waals surface area contributed by atoms with Crippen molar-refractivity contribution in [2.75, 3.05) is 44.7 Å². The number of hydrogen-bond donors (Lipinski definition) is 1. The first kappa shape index (κ1) is 15.9. The van der Waals surface area contributed by atoms with Crippen LogP contribution in [0.2, 0.25) is 0 Å². The molecule has 2 aromatic rings. The number of pyridine rings is 1.